The molecule has 3 saturated heterocycles. The Morgan fingerprint density at radius 2 is 2.05 bits per heavy atom. The largest absolute Gasteiger partial charge is 0.495 e. The van der Waals surface area contributed by atoms with Gasteiger partial charge < -0.3 is 24.0 Å². The summed E-state index contributed by atoms with van der Waals surface area (Å²) in [7, 11) is 1.44. The minimum Gasteiger partial charge on any atom is -0.495 e. The lowest BCUT2D eigenvalue weighted by Gasteiger charge is -2.41. The minimum atomic E-state index is -0.911. The van der Waals surface area contributed by atoms with E-state index in [-0.39, 0.29) is 47.9 Å². The lowest BCUT2D eigenvalue weighted by molar-refractivity contribution is 0.0145. The van der Waals surface area contributed by atoms with Crippen LogP contribution in [0.5, 0.6) is 11.8 Å². The van der Waals surface area contributed by atoms with Gasteiger partial charge in [-0.15, -0.1) is 0 Å². The van der Waals surface area contributed by atoms with E-state index < -0.39 is 35.3 Å². The number of amides is 1. The second-order valence-electron chi connectivity index (χ2n) is 11.9. The Morgan fingerprint density at radius 1 is 1.27 bits per heavy atom. The molecule has 222 valence electrons. The number of carbonyl (C=O) groups is 1. The van der Waals surface area contributed by atoms with Crippen LogP contribution in [0.1, 0.15) is 46.5 Å². The molecule has 0 aliphatic carbocycles. The lowest BCUT2D eigenvalue weighted by atomic mass is 9.95. The van der Waals surface area contributed by atoms with Crippen LogP contribution < -0.4 is 14.4 Å². The van der Waals surface area contributed by atoms with Gasteiger partial charge in [0.05, 0.1) is 35.7 Å². The van der Waals surface area contributed by atoms with Gasteiger partial charge in [-0.1, -0.05) is 0 Å². The molecule has 0 N–H and O–H groups in total. The zero-order valence-electron chi connectivity index (χ0n) is 23.8. The number of carbonyl (C=O) groups excluding carboxylic acids is 1. The number of aromatic nitrogens is 2. The van der Waals surface area contributed by atoms with Crippen molar-refractivity contribution in [3.05, 3.63) is 16.4 Å². The summed E-state index contributed by atoms with van der Waals surface area (Å²) in [6, 6.07) is 3.32. The molecule has 3 aliphatic rings. The molecule has 41 heavy (non-hydrogen) atoms. The molecule has 5 rings (SSSR count). The van der Waals surface area contributed by atoms with Crippen LogP contribution in [0.25, 0.3) is 10.9 Å². The number of nitriles is 1. The van der Waals surface area contributed by atoms with Crippen LogP contribution in [0.15, 0.2) is 10.5 Å². The van der Waals surface area contributed by atoms with Gasteiger partial charge in [0, 0.05) is 38.0 Å². The average molecular weight is 638 g/mol. The number of methoxy groups -OCH3 is 1. The number of halogens is 3. The van der Waals surface area contributed by atoms with E-state index in [1.807, 2.05) is 4.90 Å². The molecule has 1 aromatic heterocycles. The van der Waals surface area contributed by atoms with E-state index in [0.29, 0.717) is 30.7 Å². The highest BCUT2D eigenvalue weighted by Gasteiger charge is 2.49. The summed E-state index contributed by atoms with van der Waals surface area (Å²) in [6.07, 6.45) is 0.831. The number of alkyl halides is 1. The number of benzene rings is 1. The van der Waals surface area contributed by atoms with Crippen molar-refractivity contribution in [2.75, 3.05) is 51.3 Å². The molecule has 2 aromatic rings. The first-order valence-corrected chi connectivity index (χ1v) is 14.6. The first-order chi connectivity index (χ1) is 19.4. The van der Waals surface area contributed by atoms with Crippen molar-refractivity contribution in [3.8, 4) is 17.8 Å². The summed E-state index contributed by atoms with van der Waals surface area (Å²) in [5.41, 5.74) is -1.06. The van der Waals surface area contributed by atoms with E-state index in [1.54, 1.807) is 31.7 Å². The second kappa shape index (κ2) is 11.4. The Hall–Kier alpha value is -2.98. The Balaban J connectivity index is 1.49. The molecular formula is C28H35BrF2N6O4. The highest BCUT2D eigenvalue weighted by molar-refractivity contribution is 9.10. The van der Waals surface area contributed by atoms with Crippen LogP contribution in [0.4, 0.5) is 19.4 Å². The van der Waals surface area contributed by atoms with Gasteiger partial charge in [0.2, 0.25) is 0 Å². The second-order valence-corrected chi connectivity index (χ2v) is 12.7. The first-order valence-electron chi connectivity index (χ1n) is 13.8. The van der Waals surface area contributed by atoms with E-state index in [2.05, 4.69) is 31.9 Å². The number of fused-ring (bicyclic) bond motifs is 2. The zero-order valence-corrected chi connectivity index (χ0v) is 25.3. The zero-order chi connectivity index (χ0) is 29.5. The first kappa shape index (κ1) is 29.5. The third kappa shape index (κ3) is 5.86. The van der Waals surface area contributed by atoms with Gasteiger partial charge in [-0.25, -0.2) is 13.6 Å². The molecule has 3 atom stereocenters. The highest BCUT2D eigenvalue weighted by Crippen LogP contribution is 2.41. The van der Waals surface area contributed by atoms with E-state index in [9.17, 15) is 14.4 Å². The lowest BCUT2D eigenvalue weighted by Crippen LogP contribution is -2.56. The van der Waals surface area contributed by atoms with Crippen LogP contribution in [-0.2, 0) is 4.74 Å². The third-order valence-corrected chi connectivity index (χ3v) is 8.72. The molecule has 0 unspecified atom stereocenters. The topological polar surface area (TPSA) is 104 Å². The Morgan fingerprint density at radius 3 is 2.76 bits per heavy atom. The van der Waals surface area contributed by atoms with Crippen LogP contribution >= 0.6 is 15.9 Å². The summed E-state index contributed by atoms with van der Waals surface area (Å²) in [5, 5.41) is 9.93. The number of hydrogen-bond acceptors (Lipinski definition) is 9. The fraction of sp³-hybridized carbons (Fsp3) is 0.643. The van der Waals surface area contributed by atoms with Crippen LogP contribution in [0.2, 0.25) is 0 Å². The number of piperazine rings is 1. The molecule has 3 aliphatic heterocycles. The highest BCUT2D eigenvalue weighted by atomic mass is 79.9. The fourth-order valence-electron chi connectivity index (χ4n) is 6.13. The standard InChI is InChI=1S/C28H35BrF2N6O4/c1-27(2,3)41-26(38)37-11-10-35(15-18(37)6-8-32)24-19-12-20(39-4)21(29)22(31)23(19)33-25(34-24)40-16-28-7-5-9-36(28)14-17(30)13-28/h12,17-18H,5-7,9-11,13-16H2,1-4H3/t17-,18+,28+/m1/s1. The molecule has 0 spiro atoms. The molecule has 10 nitrogen and oxygen atoms in total. The fourth-order valence-corrected chi connectivity index (χ4v) is 6.60. The van der Waals surface area contributed by atoms with Gasteiger partial charge >= 0.3 is 12.1 Å². The molecule has 0 saturated carbocycles. The summed E-state index contributed by atoms with van der Waals surface area (Å²) in [5.74, 6) is 0.0473. The van der Waals surface area contributed by atoms with Crippen molar-refractivity contribution in [1.82, 2.24) is 19.8 Å². The van der Waals surface area contributed by atoms with E-state index in [1.165, 1.54) is 7.11 Å². The summed E-state index contributed by atoms with van der Waals surface area (Å²) in [6.45, 7) is 7.66. The minimum absolute atomic E-state index is 0.0154. The van der Waals surface area contributed by atoms with E-state index >= 15 is 4.39 Å². The number of rotatable bonds is 6. The summed E-state index contributed by atoms with van der Waals surface area (Å²) >= 11 is 3.26. The predicted molar refractivity (Wildman–Crippen MR) is 151 cm³/mol. The molecule has 3 fully saturated rings. The smallest absolute Gasteiger partial charge is 0.410 e. The number of ether oxygens (including phenoxy) is 3. The van der Waals surface area contributed by atoms with E-state index in [0.717, 1.165) is 19.4 Å². The van der Waals surface area contributed by atoms with Crippen molar-refractivity contribution in [2.45, 2.75) is 69.8 Å². The molecule has 1 aromatic carbocycles. The molecule has 4 heterocycles. The van der Waals surface area contributed by atoms with Crippen molar-refractivity contribution in [3.63, 3.8) is 0 Å². The quantitative estimate of drug-likeness (QED) is 0.441. The van der Waals surface area contributed by atoms with Crippen LogP contribution in [-0.4, -0.2) is 95.7 Å². The van der Waals surface area contributed by atoms with Gasteiger partial charge in [0.25, 0.3) is 0 Å². The number of nitrogens with zero attached hydrogens (tertiary/aromatic N) is 6. The van der Waals surface area contributed by atoms with Gasteiger partial charge in [-0.2, -0.15) is 15.2 Å². The maximum Gasteiger partial charge on any atom is 0.410 e. The summed E-state index contributed by atoms with van der Waals surface area (Å²) < 4.78 is 47.2. The number of hydrogen-bond donors (Lipinski definition) is 0. The summed E-state index contributed by atoms with van der Waals surface area (Å²) in [4.78, 5) is 27.7. The number of anilines is 1. The third-order valence-electron chi connectivity index (χ3n) is 7.99. The van der Waals surface area contributed by atoms with Crippen LogP contribution in [0, 0.1) is 17.1 Å². The van der Waals surface area contributed by atoms with Crippen molar-refractivity contribution in [1.29, 1.82) is 5.26 Å². The molecule has 13 heteroatoms. The molecule has 1 amide bonds. The van der Waals surface area contributed by atoms with Gasteiger partial charge in [0.15, 0.2) is 5.82 Å². The Bertz CT molecular complexity index is 1370. The molecular weight excluding hydrogens is 602 g/mol. The van der Waals surface area contributed by atoms with Crippen molar-refractivity contribution >= 4 is 38.7 Å². The monoisotopic (exact) mass is 636 g/mol. The SMILES string of the molecule is COc1cc2c(N3CCN(C(=O)OC(C)(C)C)[C@@H](CC#N)C3)nc(OC[C@@]34CCCN3C[C@H](F)C4)nc2c(F)c1Br. The Kier molecular flexibility index (Phi) is 8.18. The van der Waals surface area contributed by atoms with Crippen LogP contribution in [0.3, 0.4) is 0 Å². The molecule has 0 radical (unpaired) electrons. The Labute approximate surface area is 246 Å². The van der Waals surface area contributed by atoms with Crippen molar-refractivity contribution in [2.24, 2.45) is 0 Å². The molecule has 0 bridgehead atoms. The normalized spacial score (nSPS) is 24.8. The maximum atomic E-state index is 15.6. The average Bonchev–Trinajstić information content (AvgIpc) is 3.44. The van der Waals surface area contributed by atoms with Crippen molar-refractivity contribution < 1.29 is 27.8 Å². The van der Waals surface area contributed by atoms with Gasteiger partial charge in [0.1, 0.15) is 35.5 Å². The maximum absolute atomic E-state index is 15.6. The van der Waals surface area contributed by atoms with Gasteiger partial charge in [-0.05, 0) is 62.2 Å². The van der Waals surface area contributed by atoms with Gasteiger partial charge in [-0.3, -0.25) is 4.90 Å². The predicted octanol–water partition coefficient (Wildman–Crippen LogP) is 4.83. The van der Waals surface area contributed by atoms with E-state index in [4.69, 9.17) is 19.2 Å².